The van der Waals surface area contributed by atoms with Crippen LogP contribution in [-0.2, 0) is 10.1 Å². The first-order valence-corrected chi connectivity index (χ1v) is 8.72. The molecule has 108 valence electrons. The van der Waals surface area contributed by atoms with Crippen molar-refractivity contribution in [2.24, 2.45) is 0 Å². The zero-order valence-electron chi connectivity index (χ0n) is 12.6. The first-order chi connectivity index (χ1) is 8.56. The van der Waals surface area contributed by atoms with Gasteiger partial charge in [-0.05, 0) is 12.8 Å². The fraction of sp³-hybridized carbons (Fsp3) is 0.857. The van der Waals surface area contributed by atoms with Gasteiger partial charge in [0, 0.05) is 0 Å². The van der Waals surface area contributed by atoms with Crippen molar-refractivity contribution in [1.82, 2.24) is 0 Å². The molecule has 0 bridgehead atoms. The molecule has 0 aromatic rings. The second kappa shape index (κ2) is 15.0. The summed E-state index contributed by atoms with van der Waals surface area (Å²) in [5.74, 6) is -0.371. The number of allylic oxidation sites excluding steroid dienone is 1. The molecule has 3 nitrogen and oxygen atoms in total. The molecule has 0 N–H and O–H groups in total. The van der Waals surface area contributed by atoms with Crippen LogP contribution in [0.5, 0.6) is 0 Å². The second-order valence-corrected chi connectivity index (χ2v) is 6.26. The Labute approximate surface area is 141 Å². The maximum absolute atomic E-state index is 10.3. The SMILES string of the molecule is CCCCCCCCCCC/C=C/CS(=O)(=O)[O-].[Na+]. The van der Waals surface area contributed by atoms with E-state index in [0.29, 0.717) is 0 Å². The van der Waals surface area contributed by atoms with Gasteiger partial charge < -0.3 is 4.55 Å². The molecule has 0 aromatic heterocycles. The van der Waals surface area contributed by atoms with Gasteiger partial charge in [-0.15, -0.1) is 0 Å². The molecule has 0 aliphatic heterocycles. The van der Waals surface area contributed by atoms with Crippen molar-refractivity contribution < 1.29 is 42.5 Å². The number of hydrogen-bond donors (Lipinski definition) is 0. The molecule has 0 rings (SSSR count). The standard InChI is InChI=1S/C14H28O3S.Na/c1-2-3-4-5-6-7-8-9-10-11-12-13-14-18(15,16)17;/h12-13H,2-11,14H2,1H3,(H,15,16,17);/q;+1/p-1/b13-12+;. The fourth-order valence-corrected chi connectivity index (χ4v) is 2.25. The summed E-state index contributed by atoms with van der Waals surface area (Å²) in [6.07, 6.45) is 15.7. The van der Waals surface area contributed by atoms with Crippen molar-refractivity contribution in [3.8, 4) is 0 Å². The minimum absolute atomic E-state index is 0. The van der Waals surface area contributed by atoms with Gasteiger partial charge in [0.1, 0.15) is 0 Å². The van der Waals surface area contributed by atoms with E-state index in [1.54, 1.807) is 6.08 Å². The molecular formula is C14H27NaO3S. The maximum Gasteiger partial charge on any atom is 1.00 e. The van der Waals surface area contributed by atoms with Crippen molar-refractivity contribution in [3.05, 3.63) is 12.2 Å². The Morgan fingerprint density at radius 3 is 1.79 bits per heavy atom. The van der Waals surface area contributed by atoms with Gasteiger partial charge in [0.25, 0.3) is 0 Å². The number of hydrogen-bond acceptors (Lipinski definition) is 3. The first kappa shape index (κ1) is 21.9. The van der Waals surface area contributed by atoms with Gasteiger partial charge >= 0.3 is 29.6 Å². The molecule has 5 heteroatoms. The van der Waals surface area contributed by atoms with E-state index in [-0.39, 0.29) is 35.3 Å². The molecule has 0 radical (unpaired) electrons. The third-order valence-corrected chi connectivity index (χ3v) is 3.54. The van der Waals surface area contributed by atoms with E-state index in [1.165, 1.54) is 57.4 Å². The van der Waals surface area contributed by atoms with Crippen LogP contribution in [0.3, 0.4) is 0 Å². The van der Waals surface area contributed by atoms with Crippen molar-refractivity contribution in [2.75, 3.05) is 5.75 Å². The fourth-order valence-electron chi connectivity index (χ4n) is 1.88. The van der Waals surface area contributed by atoms with E-state index in [9.17, 15) is 13.0 Å². The van der Waals surface area contributed by atoms with Gasteiger partial charge in [-0.2, -0.15) is 0 Å². The van der Waals surface area contributed by atoms with E-state index < -0.39 is 10.1 Å². The van der Waals surface area contributed by atoms with Crippen LogP contribution in [-0.4, -0.2) is 18.7 Å². The first-order valence-electron chi connectivity index (χ1n) is 7.15. The summed E-state index contributed by atoms with van der Waals surface area (Å²) in [6, 6.07) is 0. The average Bonchev–Trinajstić information content (AvgIpc) is 2.29. The molecule has 0 aliphatic carbocycles. The van der Waals surface area contributed by atoms with Crippen LogP contribution in [0.25, 0.3) is 0 Å². The smallest absolute Gasteiger partial charge is 0.748 e. The summed E-state index contributed by atoms with van der Waals surface area (Å²) in [5.41, 5.74) is 0. The predicted molar refractivity (Wildman–Crippen MR) is 75.5 cm³/mol. The summed E-state index contributed by atoms with van der Waals surface area (Å²) in [5, 5.41) is 0. The van der Waals surface area contributed by atoms with Crippen molar-refractivity contribution in [2.45, 2.75) is 71.1 Å². The molecule has 19 heavy (non-hydrogen) atoms. The molecule has 0 heterocycles. The van der Waals surface area contributed by atoms with Crippen molar-refractivity contribution in [1.29, 1.82) is 0 Å². The summed E-state index contributed by atoms with van der Waals surface area (Å²) >= 11 is 0. The molecule has 0 aliphatic rings. The molecule has 0 saturated heterocycles. The molecular weight excluding hydrogens is 271 g/mol. The van der Waals surface area contributed by atoms with Crippen LogP contribution in [0.2, 0.25) is 0 Å². The summed E-state index contributed by atoms with van der Waals surface area (Å²) in [7, 11) is -4.07. The summed E-state index contributed by atoms with van der Waals surface area (Å²) < 4.78 is 30.9. The zero-order chi connectivity index (χ0) is 13.7. The predicted octanol–water partition coefficient (Wildman–Crippen LogP) is 1.01. The monoisotopic (exact) mass is 298 g/mol. The average molecular weight is 298 g/mol. The minimum Gasteiger partial charge on any atom is -0.748 e. The van der Waals surface area contributed by atoms with Gasteiger partial charge in [0.2, 0.25) is 0 Å². The Kier molecular flexibility index (Phi) is 17.4. The van der Waals surface area contributed by atoms with Crippen LogP contribution in [0.1, 0.15) is 71.1 Å². The molecule has 0 aromatic carbocycles. The summed E-state index contributed by atoms with van der Waals surface area (Å²) in [4.78, 5) is 0. The van der Waals surface area contributed by atoms with E-state index in [4.69, 9.17) is 0 Å². The van der Waals surface area contributed by atoms with E-state index in [1.807, 2.05) is 0 Å². The van der Waals surface area contributed by atoms with E-state index in [0.717, 1.165) is 12.8 Å². The molecule has 0 saturated carbocycles. The Balaban J connectivity index is 0. The second-order valence-electron chi connectivity index (χ2n) is 4.81. The Bertz CT molecular complexity index is 300. The van der Waals surface area contributed by atoms with Crippen molar-refractivity contribution in [3.63, 3.8) is 0 Å². The number of unbranched alkanes of at least 4 members (excludes halogenated alkanes) is 9. The number of rotatable bonds is 12. The van der Waals surface area contributed by atoms with E-state index >= 15 is 0 Å². The van der Waals surface area contributed by atoms with Gasteiger partial charge in [-0.25, -0.2) is 8.42 Å². The van der Waals surface area contributed by atoms with Crippen LogP contribution >= 0.6 is 0 Å². The van der Waals surface area contributed by atoms with Gasteiger partial charge in [-0.1, -0.05) is 70.4 Å². The Hall–Kier alpha value is 0.650. The third-order valence-electron chi connectivity index (χ3n) is 2.94. The Morgan fingerprint density at radius 1 is 0.842 bits per heavy atom. The van der Waals surface area contributed by atoms with Gasteiger partial charge in [0.05, 0.1) is 15.9 Å². The topological polar surface area (TPSA) is 57.2 Å². The van der Waals surface area contributed by atoms with Crippen LogP contribution < -0.4 is 29.6 Å². The van der Waals surface area contributed by atoms with Crippen molar-refractivity contribution >= 4 is 10.1 Å². The third kappa shape index (κ3) is 21.1. The largest absolute Gasteiger partial charge is 1.00 e. The maximum atomic E-state index is 10.3. The minimum atomic E-state index is -4.07. The quantitative estimate of drug-likeness (QED) is 0.234. The Morgan fingerprint density at radius 2 is 1.32 bits per heavy atom. The molecule has 0 unspecified atom stereocenters. The van der Waals surface area contributed by atoms with Crippen LogP contribution in [0, 0.1) is 0 Å². The zero-order valence-corrected chi connectivity index (χ0v) is 15.4. The molecule has 0 amide bonds. The molecule has 0 atom stereocenters. The van der Waals surface area contributed by atoms with E-state index in [2.05, 4.69) is 6.92 Å². The van der Waals surface area contributed by atoms with Crippen LogP contribution in [0.4, 0.5) is 0 Å². The van der Waals surface area contributed by atoms with Crippen LogP contribution in [0.15, 0.2) is 12.2 Å². The van der Waals surface area contributed by atoms with Gasteiger partial charge in [0.15, 0.2) is 0 Å². The molecule has 0 spiro atoms. The normalized spacial score (nSPS) is 11.7. The molecule has 0 fully saturated rings. The summed E-state index contributed by atoms with van der Waals surface area (Å²) in [6.45, 7) is 2.23. The van der Waals surface area contributed by atoms with Gasteiger partial charge in [-0.3, -0.25) is 0 Å².